The molecule has 0 unspecified atom stereocenters. The molecule has 0 amide bonds. The Hall–Kier alpha value is -3.41. The number of aromatic carboxylic acids is 1. The number of ether oxygens (including phenoxy) is 1. The molecular weight excluding hydrogens is 308 g/mol. The fourth-order valence-electron chi connectivity index (χ4n) is 2.43. The van der Waals surface area contributed by atoms with Crippen LogP contribution in [0.5, 0.6) is 5.75 Å². The highest BCUT2D eigenvalue weighted by molar-refractivity contribution is 5.87. The Kier molecular flexibility index (Phi) is 4.11. The minimum atomic E-state index is -1.32. The number of carbonyl (C=O) groups is 1. The van der Waals surface area contributed by atoms with Gasteiger partial charge in [0.25, 0.3) is 5.56 Å². The van der Waals surface area contributed by atoms with Crippen LogP contribution in [-0.4, -0.2) is 27.7 Å². The molecule has 6 nitrogen and oxygen atoms in total. The van der Waals surface area contributed by atoms with Crippen LogP contribution in [0.3, 0.4) is 0 Å². The van der Waals surface area contributed by atoms with Crippen LogP contribution < -0.4 is 10.3 Å². The average Bonchev–Trinajstić information content (AvgIpc) is 2.62. The van der Waals surface area contributed by atoms with Gasteiger partial charge in [-0.2, -0.15) is 0 Å². The van der Waals surface area contributed by atoms with E-state index in [1.54, 1.807) is 36.4 Å². The summed E-state index contributed by atoms with van der Waals surface area (Å²) in [5.41, 5.74) is 0.0540. The number of para-hydroxylation sites is 2. The van der Waals surface area contributed by atoms with E-state index in [0.717, 1.165) is 6.20 Å². The van der Waals surface area contributed by atoms with Gasteiger partial charge in [-0.15, -0.1) is 0 Å². The van der Waals surface area contributed by atoms with E-state index in [-0.39, 0.29) is 0 Å². The summed E-state index contributed by atoms with van der Waals surface area (Å²) in [4.78, 5) is 28.3. The number of hydrogen-bond acceptors (Lipinski definition) is 4. The maximum Gasteiger partial charge on any atom is 0.342 e. The van der Waals surface area contributed by atoms with Crippen molar-refractivity contribution in [1.82, 2.24) is 9.55 Å². The van der Waals surface area contributed by atoms with Crippen molar-refractivity contribution in [2.75, 3.05) is 7.11 Å². The zero-order valence-corrected chi connectivity index (χ0v) is 12.8. The molecule has 3 rings (SSSR count). The van der Waals surface area contributed by atoms with Crippen molar-refractivity contribution in [3.63, 3.8) is 0 Å². The highest BCUT2D eigenvalue weighted by Crippen LogP contribution is 2.25. The maximum atomic E-state index is 12.8. The van der Waals surface area contributed by atoms with Crippen LogP contribution in [0.25, 0.3) is 17.1 Å². The zero-order valence-electron chi connectivity index (χ0n) is 12.8. The third-order valence-corrected chi connectivity index (χ3v) is 3.55. The van der Waals surface area contributed by atoms with Gasteiger partial charge in [-0.3, -0.25) is 9.36 Å². The van der Waals surface area contributed by atoms with E-state index in [9.17, 15) is 14.7 Å². The summed E-state index contributed by atoms with van der Waals surface area (Å²) < 4.78 is 6.57. The SMILES string of the molecule is COc1ccccc1-n1c(-c2ccccc2)ncc(C(=O)O)c1=O. The fourth-order valence-corrected chi connectivity index (χ4v) is 2.43. The standard InChI is InChI=1S/C18H14N2O4/c1-24-15-10-6-5-9-14(15)20-16(12-7-3-2-4-8-12)19-11-13(17(20)21)18(22)23/h2-11H,1H3,(H,22,23). The fraction of sp³-hybridized carbons (Fsp3) is 0.0556. The van der Waals surface area contributed by atoms with Crippen molar-refractivity contribution in [3.05, 3.63) is 76.7 Å². The summed E-state index contributed by atoms with van der Waals surface area (Å²) >= 11 is 0. The first-order valence-corrected chi connectivity index (χ1v) is 7.17. The predicted molar refractivity (Wildman–Crippen MR) is 88.8 cm³/mol. The number of carboxylic acids is 1. The van der Waals surface area contributed by atoms with Gasteiger partial charge in [-0.25, -0.2) is 9.78 Å². The Morgan fingerprint density at radius 3 is 2.42 bits per heavy atom. The Morgan fingerprint density at radius 1 is 1.08 bits per heavy atom. The number of methoxy groups -OCH3 is 1. The summed E-state index contributed by atoms with van der Waals surface area (Å²) in [5, 5.41) is 9.24. The summed E-state index contributed by atoms with van der Waals surface area (Å²) in [5.74, 6) is -0.535. The Morgan fingerprint density at radius 2 is 1.75 bits per heavy atom. The Labute approximate surface area is 137 Å². The van der Waals surface area contributed by atoms with Gasteiger partial charge in [0, 0.05) is 11.8 Å². The van der Waals surface area contributed by atoms with E-state index >= 15 is 0 Å². The highest BCUT2D eigenvalue weighted by Gasteiger charge is 2.19. The maximum absolute atomic E-state index is 12.8. The van der Waals surface area contributed by atoms with E-state index < -0.39 is 17.1 Å². The molecule has 0 atom stereocenters. The van der Waals surface area contributed by atoms with Gasteiger partial charge in [0.2, 0.25) is 0 Å². The van der Waals surface area contributed by atoms with Gasteiger partial charge < -0.3 is 9.84 Å². The van der Waals surface area contributed by atoms with E-state index in [1.807, 2.05) is 18.2 Å². The predicted octanol–water partition coefficient (Wildman–Crippen LogP) is 2.61. The smallest absolute Gasteiger partial charge is 0.342 e. The molecule has 0 aliphatic rings. The van der Waals surface area contributed by atoms with Gasteiger partial charge in [0.1, 0.15) is 17.1 Å². The van der Waals surface area contributed by atoms with Crippen molar-refractivity contribution < 1.29 is 14.6 Å². The number of aromatic nitrogens is 2. The minimum absolute atomic E-state index is 0.343. The molecule has 1 N–H and O–H groups in total. The van der Waals surface area contributed by atoms with Gasteiger partial charge in [0.05, 0.1) is 12.8 Å². The van der Waals surface area contributed by atoms with E-state index in [0.29, 0.717) is 22.8 Å². The lowest BCUT2D eigenvalue weighted by molar-refractivity contribution is 0.0694. The minimum Gasteiger partial charge on any atom is -0.495 e. The number of rotatable bonds is 4. The molecule has 0 radical (unpaired) electrons. The van der Waals surface area contributed by atoms with Crippen LogP contribution in [0.4, 0.5) is 0 Å². The molecule has 0 saturated carbocycles. The summed E-state index contributed by atoms with van der Waals surface area (Å²) in [7, 11) is 1.49. The molecule has 0 spiro atoms. The Bertz CT molecular complexity index is 949. The molecule has 0 bridgehead atoms. The lowest BCUT2D eigenvalue weighted by Crippen LogP contribution is -2.27. The lowest BCUT2D eigenvalue weighted by atomic mass is 10.2. The number of carboxylic acid groups (broad SMARTS) is 1. The first-order valence-electron chi connectivity index (χ1n) is 7.17. The van der Waals surface area contributed by atoms with Gasteiger partial charge in [0.15, 0.2) is 0 Å². The van der Waals surface area contributed by atoms with Crippen molar-refractivity contribution in [1.29, 1.82) is 0 Å². The number of hydrogen-bond donors (Lipinski definition) is 1. The van der Waals surface area contributed by atoms with Crippen LogP contribution in [0.2, 0.25) is 0 Å². The van der Waals surface area contributed by atoms with Crippen LogP contribution in [0, 0.1) is 0 Å². The first-order chi connectivity index (χ1) is 11.6. The number of benzene rings is 2. The number of nitrogens with zero attached hydrogens (tertiary/aromatic N) is 2. The van der Waals surface area contributed by atoms with Crippen LogP contribution in [-0.2, 0) is 0 Å². The van der Waals surface area contributed by atoms with Crippen molar-refractivity contribution in [2.45, 2.75) is 0 Å². The topological polar surface area (TPSA) is 81.4 Å². The lowest BCUT2D eigenvalue weighted by Gasteiger charge is -2.15. The molecule has 3 aromatic rings. The van der Waals surface area contributed by atoms with Crippen LogP contribution in [0.15, 0.2) is 65.6 Å². The summed E-state index contributed by atoms with van der Waals surface area (Å²) in [6, 6.07) is 16.0. The second-order valence-corrected chi connectivity index (χ2v) is 4.98. The molecule has 0 fully saturated rings. The molecule has 0 aliphatic carbocycles. The van der Waals surface area contributed by atoms with Crippen LogP contribution in [0.1, 0.15) is 10.4 Å². The molecule has 24 heavy (non-hydrogen) atoms. The average molecular weight is 322 g/mol. The van der Waals surface area contributed by atoms with Crippen LogP contribution >= 0.6 is 0 Å². The van der Waals surface area contributed by atoms with E-state index in [2.05, 4.69) is 4.98 Å². The van der Waals surface area contributed by atoms with Crippen molar-refractivity contribution in [3.8, 4) is 22.8 Å². The van der Waals surface area contributed by atoms with Gasteiger partial charge >= 0.3 is 5.97 Å². The van der Waals surface area contributed by atoms with Gasteiger partial charge in [-0.1, -0.05) is 42.5 Å². The molecule has 6 heteroatoms. The third kappa shape index (κ3) is 2.65. The molecular formula is C18H14N2O4. The van der Waals surface area contributed by atoms with Crippen molar-refractivity contribution in [2.24, 2.45) is 0 Å². The zero-order chi connectivity index (χ0) is 17.1. The Balaban J connectivity index is 2.39. The molecule has 2 aromatic carbocycles. The molecule has 0 aliphatic heterocycles. The van der Waals surface area contributed by atoms with Crippen molar-refractivity contribution >= 4 is 5.97 Å². The summed E-state index contributed by atoms with van der Waals surface area (Å²) in [6.45, 7) is 0. The normalized spacial score (nSPS) is 10.4. The third-order valence-electron chi connectivity index (χ3n) is 3.55. The first kappa shape index (κ1) is 15.5. The summed E-state index contributed by atoms with van der Waals surface area (Å²) in [6.07, 6.45) is 1.08. The highest BCUT2D eigenvalue weighted by atomic mass is 16.5. The second kappa shape index (κ2) is 6.37. The van der Waals surface area contributed by atoms with E-state index in [4.69, 9.17) is 4.74 Å². The monoisotopic (exact) mass is 322 g/mol. The molecule has 1 aromatic heterocycles. The largest absolute Gasteiger partial charge is 0.495 e. The molecule has 0 saturated heterocycles. The quantitative estimate of drug-likeness (QED) is 0.798. The van der Waals surface area contributed by atoms with E-state index in [1.165, 1.54) is 11.7 Å². The van der Waals surface area contributed by atoms with Gasteiger partial charge in [-0.05, 0) is 12.1 Å². The second-order valence-electron chi connectivity index (χ2n) is 4.98. The molecule has 120 valence electrons. The molecule has 1 heterocycles.